The number of piperidine rings is 2. The molecule has 3 atom stereocenters. The number of esters is 1. The van der Waals surface area contributed by atoms with Gasteiger partial charge in [-0.3, -0.25) is 14.4 Å². The van der Waals surface area contributed by atoms with Crippen LogP contribution >= 0.6 is 0 Å². The van der Waals surface area contributed by atoms with E-state index >= 15 is 0 Å². The Hall–Kier alpha value is -3.22. The summed E-state index contributed by atoms with van der Waals surface area (Å²) in [4.78, 5) is 42.9. The third kappa shape index (κ3) is 5.72. The van der Waals surface area contributed by atoms with Crippen molar-refractivity contribution in [3.05, 3.63) is 71.0 Å². The van der Waals surface area contributed by atoms with Gasteiger partial charge in [-0.15, -0.1) is 0 Å². The summed E-state index contributed by atoms with van der Waals surface area (Å²) >= 11 is 0. The molecule has 2 aliphatic rings. The number of hydrogen-bond acceptors (Lipinski definition) is 4. The zero-order chi connectivity index (χ0) is 24.9. The number of carbonyl (C=O) groups excluding carboxylic acids is 3. The highest BCUT2D eigenvalue weighted by Gasteiger charge is 2.39. The first kappa shape index (κ1) is 24.9. The summed E-state index contributed by atoms with van der Waals surface area (Å²) in [5.74, 6) is -1.52. The number of hydrogen-bond donors (Lipinski definition) is 0. The molecule has 0 saturated carbocycles. The third-order valence-corrected chi connectivity index (χ3v) is 7.06. The summed E-state index contributed by atoms with van der Waals surface area (Å²) < 4.78 is 18.7. The Morgan fingerprint density at radius 3 is 2.49 bits per heavy atom. The molecule has 2 amide bonds. The molecule has 2 heterocycles. The van der Waals surface area contributed by atoms with Crippen LogP contribution in [0.15, 0.2) is 48.5 Å². The van der Waals surface area contributed by atoms with E-state index in [1.165, 1.54) is 24.3 Å². The summed E-state index contributed by atoms with van der Waals surface area (Å²) in [6.07, 6.45) is 2.79. The minimum atomic E-state index is -0.398. The molecule has 2 saturated heterocycles. The van der Waals surface area contributed by atoms with Crippen molar-refractivity contribution in [3.8, 4) is 0 Å². The molecule has 0 aromatic heterocycles. The number of carbonyl (C=O) groups is 3. The van der Waals surface area contributed by atoms with Crippen LogP contribution in [0.5, 0.6) is 0 Å². The first-order valence-electron chi connectivity index (χ1n) is 12.5. The molecule has 2 aromatic rings. The van der Waals surface area contributed by atoms with Crippen LogP contribution in [0.2, 0.25) is 0 Å². The molecule has 7 heteroatoms. The Balaban J connectivity index is 1.55. The van der Waals surface area contributed by atoms with E-state index in [0.29, 0.717) is 38.1 Å². The Labute approximate surface area is 206 Å². The van der Waals surface area contributed by atoms with E-state index in [-0.39, 0.29) is 42.2 Å². The number of nitrogens with zero attached hydrogens (tertiary/aromatic N) is 2. The van der Waals surface area contributed by atoms with Crippen LogP contribution in [-0.4, -0.2) is 53.8 Å². The van der Waals surface area contributed by atoms with Crippen LogP contribution < -0.4 is 0 Å². The van der Waals surface area contributed by atoms with Gasteiger partial charge in [0.05, 0.1) is 24.5 Å². The molecule has 2 fully saturated rings. The highest BCUT2D eigenvalue weighted by molar-refractivity contribution is 5.95. The lowest BCUT2D eigenvalue weighted by molar-refractivity contribution is -0.152. The number of amides is 2. The minimum Gasteiger partial charge on any atom is -0.466 e. The SMILES string of the molecule is CCOC(=O)[C@@H]1CCCN(C(=O)[C@@H]2CC[C@H](c3cccc(C)c3)N(C(=O)c3ccc(F)cc3)C2)C1. The van der Waals surface area contributed by atoms with Crippen molar-refractivity contribution >= 4 is 17.8 Å². The summed E-state index contributed by atoms with van der Waals surface area (Å²) in [5, 5.41) is 0. The van der Waals surface area contributed by atoms with Crippen LogP contribution in [0.1, 0.15) is 60.1 Å². The molecule has 2 aromatic carbocycles. The highest BCUT2D eigenvalue weighted by atomic mass is 19.1. The lowest BCUT2D eigenvalue weighted by Crippen LogP contribution is -2.50. The maximum absolute atomic E-state index is 13.6. The van der Waals surface area contributed by atoms with Gasteiger partial charge in [0.15, 0.2) is 0 Å². The Morgan fingerprint density at radius 2 is 1.77 bits per heavy atom. The van der Waals surface area contributed by atoms with Gasteiger partial charge in [0, 0.05) is 25.2 Å². The van der Waals surface area contributed by atoms with Crippen molar-refractivity contribution < 1.29 is 23.5 Å². The van der Waals surface area contributed by atoms with Gasteiger partial charge in [0.1, 0.15) is 5.82 Å². The topological polar surface area (TPSA) is 66.9 Å². The molecular formula is C28H33FN2O4. The van der Waals surface area contributed by atoms with Crippen LogP contribution in [0.4, 0.5) is 4.39 Å². The number of halogens is 1. The van der Waals surface area contributed by atoms with Crippen LogP contribution in [0, 0.1) is 24.6 Å². The molecule has 0 N–H and O–H groups in total. The lowest BCUT2D eigenvalue weighted by atomic mass is 9.86. The van der Waals surface area contributed by atoms with E-state index in [9.17, 15) is 18.8 Å². The summed E-state index contributed by atoms with van der Waals surface area (Å²) in [5.41, 5.74) is 2.54. The lowest BCUT2D eigenvalue weighted by Gasteiger charge is -2.42. The van der Waals surface area contributed by atoms with Gasteiger partial charge in [-0.25, -0.2) is 4.39 Å². The second-order valence-electron chi connectivity index (χ2n) is 9.54. The van der Waals surface area contributed by atoms with Gasteiger partial charge in [0.25, 0.3) is 5.91 Å². The number of ether oxygens (including phenoxy) is 1. The van der Waals surface area contributed by atoms with Crippen molar-refractivity contribution in [1.29, 1.82) is 0 Å². The van der Waals surface area contributed by atoms with Gasteiger partial charge < -0.3 is 14.5 Å². The van der Waals surface area contributed by atoms with E-state index in [0.717, 1.165) is 24.0 Å². The summed E-state index contributed by atoms with van der Waals surface area (Å²) in [7, 11) is 0. The monoisotopic (exact) mass is 480 g/mol. The molecule has 186 valence electrons. The maximum Gasteiger partial charge on any atom is 0.310 e. The minimum absolute atomic E-state index is 0.0152. The van der Waals surface area contributed by atoms with E-state index in [2.05, 4.69) is 6.07 Å². The standard InChI is InChI=1S/C28H33FN2O4/c1-3-35-28(34)23-8-5-15-30(17-23)26(32)22-11-14-25(21-7-4-6-19(2)16-21)31(18-22)27(33)20-9-12-24(29)13-10-20/h4,6-7,9-10,12-13,16,22-23,25H,3,5,8,11,14-15,17-18H2,1-2H3/t22-,23-,25-/m1/s1. The van der Waals surface area contributed by atoms with E-state index in [1.54, 1.807) is 16.7 Å². The number of aryl methyl sites for hydroxylation is 1. The smallest absolute Gasteiger partial charge is 0.310 e. The number of rotatable bonds is 5. The largest absolute Gasteiger partial charge is 0.466 e. The van der Waals surface area contributed by atoms with Crippen LogP contribution in [0.3, 0.4) is 0 Å². The molecule has 4 rings (SSSR count). The average molecular weight is 481 g/mol. The van der Waals surface area contributed by atoms with Gasteiger partial charge in [0.2, 0.25) is 5.91 Å². The Kier molecular flexibility index (Phi) is 7.83. The fourth-order valence-corrected chi connectivity index (χ4v) is 5.27. The maximum atomic E-state index is 13.6. The third-order valence-electron chi connectivity index (χ3n) is 7.06. The van der Waals surface area contributed by atoms with Crippen molar-refractivity contribution in [2.45, 2.75) is 45.6 Å². The first-order valence-corrected chi connectivity index (χ1v) is 12.5. The summed E-state index contributed by atoms with van der Waals surface area (Å²) in [6.45, 7) is 5.38. The number of likely N-dealkylation sites (tertiary alicyclic amines) is 2. The molecule has 0 spiro atoms. The van der Waals surface area contributed by atoms with E-state index in [1.807, 2.05) is 25.1 Å². The zero-order valence-corrected chi connectivity index (χ0v) is 20.4. The quantitative estimate of drug-likeness (QED) is 0.590. The predicted molar refractivity (Wildman–Crippen MR) is 130 cm³/mol. The second-order valence-corrected chi connectivity index (χ2v) is 9.54. The average Bonchev–Trinajstić information content (AvgIpc) is 2.88. The molecule has 0 aliphatic carbocycles. The molecule has 0 unspecified atom stereocenters. The fourth-order valence-electron chi connectivity index (χ4n) is 5.27. The van der Waals surface area contributed by atoms with Gasteiger partial charge in [-0.05, 0) is 69.4 Å². The van der Waals surface area contributed by atoms with Gasteiger partial charge in [-0.2, -0.15) is 0 Å². The fraction of sp³-hybridized carbons (Fsp3) is 0.464. The molecule has 0 radical (unpaired) electrons. The second kappa shape index (κ2) is 11.0. The van der Waals surface area contributed by atoms with Crippen LogP contribution in [-0.2, 0) is 14.3 Å². The Morgan fingerprint density at radius 1 is 1.00 bits per heavy atom. The first-order chi connectivity index (χ1) is 16.9. The molecule has 6 nitrogen and oxygen atoms in total. The van der Waals surface area contributed by atoms with Crippen molar-refractivity contribution in [2.24, 2.45) is 11.8 Å². The van der Waals surface area contributed by atoms with Crippen LogP contribution in [0.25, 0.3) is 0 Å². The highest BCUT2D eigenvalue weighted by Crippen LogP contribution is 2.36. The predicted octanol–water partition coefficient (Wildman–Crippen LogP) is 4.53. The van der Waals surface area contributed by atoms with Gasteiger partial charge in [-0.1, -0.05) is 29.8 Å². The number of benzene rings is 2. The molecular weight excluding hydrogens is 447 g/mol. The van der Waals surface area contributed by atoms with Crippen molar-refractivity contribution in [1.82, 2.24) is 9.80 Å². The van der Waals surface area contributed by atoms with Crippen molar-refractivity contribution in [2.75, 3.05) is 26.2 Å². The van der Waals surface area contributed by atoms with E-state index < -0.39 is 5.82 Å². The Bertz CT molecular complexity index is 1070. The normalized spacial score (nSPS) is 22.5. The molecule has 35 heavy (non-hydrogen) atoms. The van der Waals surface area contributed by atoms with Gasteiger partial charge >= 0.3 is 5.97 Å². The molecule has 0 bridgehead atoms. The molecule has 2 aliphatic heterocycles. The zero-order valence-electron chi connectivity index (χ0n) is 20.4. The van der Waals surface area contributed by atoms with E-state index in [4.69, 9.17) is 4.74 Å². The van der Waals surface area contributed by atoms with Crippen molar-refractivity contribution in [3.63, 3.8) is 0 Å². The summed E-state index contributed by atoms with van der Waals surface area (Å²) in [6, 6.07) is 13.5.